The Bertz CT molecular complexity index is 543. The molecule has 1 saturated heterocycles. The number of rotatable bonds is 11. The lowest BCUT2D eigenvalue weighted by atomic mass is 9.97. The van der Waals surface area contributed by atoms with Crippen molar-refractivity contribution in [3.63, 3.8) is 0 Å². The predicted octanol–water partition coefficient (Wildman–Crippen LogP) is 1.98. The normalized spacial score (nSPS) is 17.3. The molecule has 1 aliphatic rings. The first-order valence-corrected chi connectivity index (χ1v) is 10.1. The second-order valence-electron chi connectivity index (χ2n) is 7.34. The molecule has 6 heteroatoms. The van der Waals surface area contributed by atoms with E-state index in [1.165, 1.54) is 5.56 Å². The molecule has 1 unspecified atom stereocenters. The summed E-state index contributed by atoms with van der Waals surface area (Å²) in [4.78, 5) is 4.59. The smallest absolute Gasteiger partial charge is 0.161 e. The van der Waals surface area contributed by atoms with Gasteiger partial charge in [-0.3, -0.25) is 4.90 Å². The SMILES string of the molecule is CCN(CC)CC(O)COc1cc(CN2CCC(CO)CC2)ccc1OC. The van der Waals surface area contributed by atoms with Crippen LogP contribution in [0.3, 0.4) is 0 Å². The highest BCUT2D eigenvalue weighted by molar-refractivity contribution is 5.43. The first-order valence-electron chi connectivity index (χ1n) is 10.1. The zero-order chi connectivity index (χ0) is 19.6. The molecule has 0 saturated carbocycles. The first kappa shape index (κ1) is 22.0. The number of ether oxygens (including phenoxy) is 2. The molecule has 1 atom stereocenters. The Hall–Kier alpha value is -1.34. The number of piperidine rings is 1. The minimum atomic E-state index is -0.532. The van der Waals surface area contributed by atoms with Crippen LogP contribution in [0.5, 0.6) is 11.5 Å². The van der Waals surface area contributed by atoms with Gasteiger partial charge in [0.15, 0.2) is 11.5 Å². The number of methoxy groups -OCH3 is 1. The van der Waals surface area contributed by atoms with Gasteiger partial charge in [-0.2, -0.15) is 0 Å². The van der Waals surface area contributed by atoms with E-state index < -0.39 is 6.10 Å². The van der Waals surface area contributed by atoms with E-state index in [0.717, 1.165) is 45.6 Å². The summed E-state index contributed by atoms with van der Waals surface area (Å²) in [5, 5.41) is 19.5. The van der Waals surface area contributed by atoms with Gasteiger partial charge in [0.05, 0.1) is 7.11 Å². The number of aliphatic hydroxyl groups excluding tert-OH is 2. The van der Waals surface area contributed by atoms with Crippen molar-refractivity contribution in [1.29, 1.82) is 0 Å². The quantitative estimate of drug-likeness (QED) is 0.612. The topological polar surface area (TPSA) is 65.4 Å². The summed E-state index contributed by atoms with van der Waals surface area (Å²) in [5.74, 6) is 1.81. The molecule has 0 amide bonds. The van der Waals surface area contributed by atoms with Crippen molar-refractivity contribution >= 4 is 0 Å². The largest absolute Gasteiger partial charge is 0.493 e. The Morgan fingerprint density at radius 3 is 2.48 bits per heavy atom. The molecule has 2 N–H and O–H groups in total. The van der Waals surface area contributed by atoms with Crippen molar-refractivity contribution in [2.75, 3.05) is 53.0 Å². The number of likely N-dealkylation sites (N-methyl/N-ethyl adjacent to an activating group) is 1. The van der Waals surface area contributed by atoms with Crippen LogP contribution in [-0.2, 0) is 6.54 Å². The fraction of sp³-hybridized carbons (Fsp3) is 0.714. The fourth-order valence-corrected chi connectivity index (χ4v) is 3.54. The molecular weight excluding hydrogens is 344 g/mol. The van der Waals surface area contributed by atoms with E-state index in [-0.39, 0.29) is 6.61 Å². The molecule has 1 aromatic carbocycles. The summed E-state index contributed by atoms with van der Waals surface area (Å²) in [7, 11) is 1.63. The maximum absolute atomic E-state index is 10.2. The molecule has 154 valence electrons. The van der Waals surface area contributed by atoms with Crippen molar-refractivity contribution in [2.24, 2.45) is 5.92 Å². The van der Waals surface area contributed by atoms with E-state index in [0.29, 0.717) is 30.6 Å². The van der Waals surface area contributed by atoms with Crippen LogP contribution >= 0.6 is 0 Å². The summed E-state index contributed by atoms with van der Waals surface area (Å²) >= 11 is 0. The number of hydrogen-bond acceptors (Lipinski definition) is 6. The molecule has 1 heterocycles. The van der Waals surface area contributed by atoms with Gasteiger partial charge in [0, 0.05) is 19.7 Å². The van der Waals surface area contributed by atoms with Gasteiger partial charge in [-0.25, -0.2) is 0 Å². The lowest BCUT2D eigenvalue weighted by molar-refractivity contribution is 0.0705. The highest BCUT2D eigenvalue weighted by Crippen LogP contribution is 2.29. The van der Waals surface area contributed by atoms with Crippen LogP contribution in [-0.4, -0.2) is 79.2 Å². The molecule has 0 bridgehead atoms. The van der Waals surface area contributed by atoms with Crippen molar-refractivity contribution in [3.05, 3.63) is 23.8 Å². The summed E-state index contributed by atoms with van der Waals surface area (Å²) < 4.78 is 11.3. The molecule has 0 radical (unpaired) electrons. The van der Waals surface area contributed by atoms with Crippen LogP contribution in [0.15, 0.2) is 18.2 Å². The van der Waals surface area contributed by atoms with E-state index in [9.17, 15) is 10.2 Å². The Morgan fingerprint density at radius 1 is 1.19 bits per heavy atom. The molecule has 0 aliphatic carbocycles. The van der Waals surface area contributed by atoms with Crippen molar-refractivity contribution in [2.45, 2.75) is 39.3 Å². The number of benzene rings is 1. The average Bonchev–Trinajstić information content (AvgIpc) is 2.71. The zero-order valence-electron chi connectivity index (χ0n) is 17.1. The Morgan fingerprint density at radius 2 is 1.89 bits per heavy atom. The summed E-state index contributed by atoms with van der Waals surface area (Å²) in [6.07, 6.45) is 1.57. The third kappa shape index (κ3) is 6.96. The maximum Gasteiger partial charge on any atom is 0.161 e. The number of hydrogen-bond donors (Lipinski definition) is 2. The minimum absolute atomic E-state index is 0.248. The van der Waals surface area contributed by atoms with Crippen LogP contribution in [0.4, 0.5) is 0 Å². The van der Waals surface area contributed by atoms with Gasteiger partial charge >= 0.3 is 0 Å². The monoisotopic (exact) mass is 380 g/mol. The summed E-state index contributed by atoms with van der Waals surface area (Å²) in [6.45, 7) is 10.0. The van der Waals surface area contributed by atoms with Gasteiger partial charge in [-0.05, 0) is 62.6 Å². The van der Waals surface area contributed by atoms with Crippen molar-refractivity contribution < 1.29 is 19.7 Å². The molecule has 27 heavy (non-hydrogen) atoms. The molecule has 1 aromatic rings. The third-order valence-corrected chi connectivity index (χ3v) is 5.39. The predicted molar refractivity (Wildman–Crippen MR) is 107 cm³/mol. The van der Waals surface area contributed by atoms with Gasteiger partial charge in [0.2, 0.25) is 0 Å². The standard InChI is InChI=1S/C21H36N2O4/c1-4-22(5-2)14-19(25)16-27-21-12-18(6-7-20(21)26-3)13-23-10-8-17(15-24)9-11-23/h6-7,12,17,19,24-25H,4-5,8-11,13-16H2,1-3H3. The second kappa shape index (κ2) is 11.5. The Balaban J connectivity index is 1.92. The average molecular weight is 381 g/mol. The Kier molecular flexibility index (Phi) is 9.34. The van der Waals surface area contributed by atoms with Crippen molar-refractivity contribution in [3.8, 4) is 11.5 Å². The lowest BCUT2D eigenvalue weighted by Crippen LogP contribution is -2.35. The molecule has 1 aliphatic heterocycles. The molecule has 6 nitrogen and oxygen atoms in total. The second-order valence-corrected chi connectivity index (χ2v) is 7.34. The van der Waals surface area contributed by atoms with Gasteiger partial charge < -0.3 is 24.6 Å². The van der Waals surface area contributed by atoms with Crippen LogP contribution in [0.25, 0.3) is 0 Å². The van der Waals surface area contributed by atoms with Gasteiger partial charge in [0.25, 0.3) is 0 Å². The zero-order valence-corrected chi connectivity index (χ0v) is 17.1. The first-order chi connectivity index (χ1) is 13.1. The van der Waals surface area contributed by atoms with Crippen LogP contribution in [0.2, 0.25) is 0 Å². The third-order valence-electron chi connectivity index (χ3n) is 5.39. The van der Waals surface area contributed by atoms with Crippen LogP contribution in [0, 0.1) is 5.92 Å². The van der Waals surface area contributed by atoms with Crippen LogP contribution in [0.1, 0.15) is 32.3 Å². The van der Waals surface area contributed by atoms with Gasteiger partial charge in [-0.1, -0.05) is 19.9 Å². The number of nitrogens with zero attached hydrogens (tertiary/aromatic N) is 2. The fourth-order valence-electron chi connectivity index (χ4n) is 3.54. The molecule has 0 spiro atoms. The molecule has 0 aromatic heterocycles. The highest BCUT2D eigenvalue weighted by atomic mass is 16.5. The Labute approximate surface area is 163 Å². The van der Waals surface area contributed by atoms with Crippen LogP contribution < -0.4 is 9.47 Å². The van der Waals surface area contributed by atoms with Crippen molar-refractivity contribution in [1.82, 2.24) is 9.80 Å². The van der Waals surface area contributed by atoms with E-state index in [2.05, 4.69) is 29.7 Å². The molecule has 2 rings (SSSR count). The minimum Gasteiger partial charge on any atom is -0.493 e. The maximum atomic E-state index is 10.2. The molecule has 1 fully saturated rings. The number of aliphatic hydroxyl groups is 2. The summed E-state index contributed by atoms with van der Waals surface area (Å²) in [5.41, 5.74) is 1.17. The molecular formula is C21H36N2O4. The van der Waals surface area contributed by atoms with E-state index in [1.807, 2.05) is 12.1 Å². The number of likely N-dealkylation sites (tertiary alicyclic amines) is 1. The van der Waals surface area contributed by atoms with E-state index in [1.54, 1.807) is 7.11 Å². The highest BCUT2D eigenvalue weighted by Gasteiger charge is 2.19. The summed E-state index contributed by atoms with van der Waals surface area (Å²) in [6, 6.07) is 6.01. The lowest BCUT2D eigenvalue weighted by Gasteiger charge is -2.31. The van der Waals surface area contributed by atoms with E-state index in [4.69, 9.17) is 9.47 Å². The van der Waals surface area contributed by atoms with E-state index >= 15 is 0 Å². The van der Waals surface area contributed by atoms with Gasteiger partial charge in [0.1, 0.15) is 12.7 Å². The van der Waals surface area contributed by atoms with Gasteiger partial charge in [-0.15, -0.1) is 0 Å².